The Morgan fingerprint density at radius 3 is 2.07 bits per heavy atom. The smallest absolute Gasteiger partial charge is 0.251 e. The van der Waals surface area contributed by atoms with E-state index in [0.29, 0.717) is 38.5 Å². The van der Waals surface area contributed by atoms with Gasteiger partial charge in [-0.2, -0.15) is 5.10 Å². The van der Waals surface area contributed by atoms with Gasteiger partial charge in [0.2, 0.25) is 11.8 Å². The number of aromatic nitrogens is 4. The van der Waals surface area contributed by atoms with E-state index < -0.39 is 0 Å². The van der Waals surface area contributed by atoms with Crippen LogP contribution in [0.1, 0.15) is 35.3 Å². The van der Waals surface area contributed by atoms with Gasteiger partial charge in [-0.05, 0) is 33.8 Å². The number of rotatable bonds is 3. The zero-order valence-electron chi connectivity index (χ0n) is 16.6. The zero-order valence-corrected chi connectivity index (χ0v) is 16.6. The van der Waals surface area contributed by atoms with Crippen LogP contribution in [0.2, 0.25) is 0 Å². The maximum atomic E-state index is 12.8. The summed E-state index contributed by atoms with van der Waals surface area (Å²) in [4.78, 5) is 36.7. The summed E-state index contributed by atoms with van der Waals surface area (Å²) >= 11 is 0. The molecule has 0 aromatic carbocycles. The van der Waals surface area contributed by atoms with Crippen molar-refractivity contribution in [2.24, 2.45) is 0 Å². The number of aryl methyl sites for hydroxylation is 3. The first-order valence-electron chi connectivity index (χ1n) is 9.17. The summed E-state index contributed by atoms with van der Waals surface area (Å²) < 4.78 is 1.71. The molecule has 27 heavy (non-hydrogen) atoms. The molecule has 8 nitrogen and oxygen atoms in total. The first kappa shape index (κ1) is 19.0. The van der Waals surface area contributed by atoms with Crippen LogP contribution in [0.3, 0.4) is 0 Å². The van der Waals surface area contributed by atoms with Crippen LogP contribution < -0.4 is 0 Å². The van der Waals surface area contributed by atoms with Crippen molar-refractivity contribution < 1.29 is 9.59 Å². The minimum Gasteiger partial charge on any atom is -0.339 e. The van der Waals surface area contributed by atoms with Crippen LogP contribution >= 0.6 is 0 Å². The second kappa shape index (κ2) is 7.46. The number of amides is 2. The quantitative estimate of drug-likeness (QED) is 0.809. The van der Waals surface area contributed by atoms with Crippen LogP contribution in [0.4, 0.5) is 0 Å². The standard InChI is InChI=1S/C19H26N6O2/c1-12-10-13(2)21-19(20-12)25-15(4)17(14(3)22-25)11-18(27)24-8-6-23(7-9-24)16(5)26/h10H,6-9,11H2,1-5H3. The van der Waals surface area contributed by atoms with Crippen molar-refractivity contribution in [1.82, 2.24) is 29.5 Å². The molecule has 144 valence electrons. The molecule has 1 aliphatic rings. The van der Waals surface area contributed by atoms with E-state index in [2.05, 4.69) is 15.1 Å². The maximum absolute atomic E-state index is 12.8. The lowest BCUT2D eigenvalue weighted by atomic mass is 10.1. The van der Waals surface area contributed by atoms with Crippen molar-refractivity contribution in [3.63, 3.8) is 0 Å². The number of hydrogen-bond acceptors (Lipinski definition) is 5. The third-order valence-electron chi connectivity index (χ3n) is 5.01. The molecule has 8 heteroatoms. The summed E-state index contributed by atoms with van der Waals surface area (Å²) in [5.41, 5.74) is 4.37. The molecule has 3 heterocycles. The van der Waals surface area contributed by atoms with E-state index >= 15 is 0 Å². The van der Waals surface area contributed by atoms with Crippen LogP contribution in [0.25, 0.3) is 5.95 Å². The van der Waals surface area contributed by atoms with Gasteiger partial charge in [0.15, 0.2) is 0 Å². The first-order chi connectivity index (χ1) is 12.8. The highest BCUT2D eigenvalue weighted by Gasteiger charge is 2.25. The van der Waals surface area contributed by atoms with Crippen molar-refractivity contribution in [3.05, 3.63) is 34.4 Å². The monoisotopic (exact) mass is 370 g/mol. The molecule has 0 N–H and O–H groups in total. The summed E-state index contributed by atoms with van der Waals surface area (Å²) in [6, 6.07) is 1.92. The number of piperazine rings is 1. The highest BCUT2D eigenvalue weighted by Crippen LogP contribution is 2.18. The predicted molar refractivity (Wildman–Crippen MR) is 101 cm³/mol. The molecule has 1 aliphatic heterocycles. The Morgan fingerprint density at radius 1 is 0.963 bits per heavy atom. The first-order valence-corrected chi connectivity index (χ1v) is 9.17. The third kappa shape index (κ3) is 3.99. The Labute approximate surface area is 159 Å². The number of hydrogen-bond donors (Lipinski definition) is 0. The highest BCUT2D eigenvalue weighted by atomic mass is 16.2. The lowest BCUT2D eigenvalue weighted by Crippen LogP contribution is -2.50. The van der Waals surface area contributed by atoms with E-state index in [1.165, 1.54) is 0 Å². The van der Waals surface area contributed by atoms with E-state index in [1.54, 1.807) is 16.5 Å². The molecule has 1 saturated heterocycles. The van der Waals surface area contributed by atoms with E-state index in [4.69, 9.17) is 0 Å². The normalized spacial score (nSPS) is 14.6. The fourth-order valence-corrected chi connectivity index (χ4v) is 3.46. The van der Waals surface area contributed by atoms with Crippen molar-refractivity contribution in [1.29, 1.82) is 0 Å². The maximum Gasteiger partial charge on any atom is 0.251 e. The van der Waals surface area contributed by atoms with Crippen molar-refractivity contribution in [2.75, 3.05) is 26.2 Å². The molecular weight excluding hydrogens is 344 g/mol. The minimum absolute atomic E-state index is 0.0588. The zero-order chi connectivity index (χ0) is 19.7. The molecule has 3 rings (SSSR count). The molecule has 0 saturated carbocycles. The lowest BCUT2D eigenvalue weighted by molar-refractivity contribution is -0.138. The molecule has 2 amide bonds. The van der Waals surface area contributed by atoms with Crippen molar-refractivity contribution in [2.45, 2.75) is 41.0 Å². The summed E-state index contributed by atoms with van der Waals surface area (Å²) in [6.07, 6.45) is 0.294. The van der Waals surface area contributed by atoms with Crippen LogP contribution in [-0.2, 0) is 16.0 Å². The van der Waals surface area contributed by atoms with Gasteiger partial charge in [-0.1, -0.05) is 0 Å². The van der Waals surface area contributed by atoms with Gasteiger partial charge >= 0.3 is 0 Å². The molecule has 1 fully saturated rings. The van der Waals surface area contributed by atoms with Crippen LogP contribution in [0.15, 0.2) is 6.07 Å². The fourth-order valence-electron chi connectivity index (χ4n) is 3.46. The molecule has 0 spiro atoms. The highest BCUT2D eigenvalue weighted by molar-refractivity contribution is 5.80. The van der Waals surface area contributed by atoms with Crippen LogP contribution in [0, 0.1) is 27.7 Å². The van der Waals surface area contributed by atoms with E-state index in [0.717, 1.165) is 28.3 Å². The molecule has 0 atom stereocenters. The number of nitrogens with zero attached hydrogens (tertiary/aromatic N) is 6. The Hall–Kier alpha value is -2.77. The molecule has 2 aromatic rings. The van der Waals surface area contributed by atoms with E-state index in [-0.39, 0.29) is 11.8 Å². The molecular formula is C19H26N6O2. The Morgan fingerprint density at radius 2 is 1.52 bits per heavy atom. The predicted octanol–water partition coefficient (Wildman–Crippen LogP) is 1.13. The molecule has 0 unspecified atom stereocenters. The van der Waals surface area contributed by atoms with Crippen molar-refractivity contribution >= 4 is 11.8 Å². The topological polar surface area (TPSA) is 84.2 Å². The van der Waals surface area contributed by atoms with Gasteiger partial charge in [-0.25, -0.2) is 14.6 Å². The molecule has 0 radical (unpaired) electrons. The SMILES string of the molecule is CC(=O)N1CCN(C(=O)Cc2c(C)nn(-c3nc(C)cc(C)n3)c2C)CC1. The number of carbonyl (C=O) groups excluding carboxylic acids is 2. The third-order valence-corrected chi connectivity index (χ3v) is 5.01. The molecule has 0 bridgehead atoms. The molecule has 0 aliphatic carbocycles. The summed E-state index contributed by atoms with van der Waals surface area (Å²) in [5, 5.41) is 4.56. The van der Waals surface area contributed by atoms with Crippen molar-refractivity contribution in [3.8, 4) is 5.95 Å². The summed E-state index contributed by atoms with van der Waals surface area (Å²) in [7, 11) is 0. The largest absolute Gasteiger partial charge is 0.339 e. The second-order valence-electron chi connectivity index (χ2n) is 7.08. The van der Waals surface area contributed by atoms with Gasteiger partial charge in [-0.3, -0.25) is 9.59 Å². The minimum atomic E-state index is 0.0588. The Bertz CT molecular complexity index is 860. The Balaban J connectivity index is 1.77. The second-order valence-corrected chi connectivity index (χ2v) is 7.08. The van der Waals surface area contributed by atoms with Gasteiger partial charge in [0.05, 0.1) is 12.1 Å². The lowest BCUT2D eigenvalue weighted by Gasteiger charge is -2.34. The van der Waals surface area contributed by atoms with Gasteiger partial charge < -0.3 is 9.80 Å². The average Bonchev–Trinajstić information content (AvgIpc) is 2.89. The van der Waals surface area contributed by atoms with Gasteiger partial charge in [0.1, 0.15) is 0 Å². The summed E-state index contributed by atoms with van der Waals surface area (Å²) in [6.45, 7) is 11.6. The van der Waals surface area contributed by atoms with Gasteiger partial charge in [0, 0.05) is 55.7 Å². The van der Waals surface area contributed by atoms with Crippen LogP contribution in [0.5, 0.6) is 0 Å². The Kier molecular flexibility index (Phi) is 5.25. The average molecular weight is 370 g/mol. The molecule has 2 aromatic heterocycles. The van der Waals surface area contributed by atoms with E-state index in [9.17, 15) is 9.59 Å². The van der Waals surface area contributed by atoms with Crippen LogP contribution in [-0.4, -0.2) is 67.5 Å². The van der Waals surface area contributed by atoms with Gasteiger partial charge in [-0.15, -0.1) is 0 Å². The fraction of sp³-hybridized carbons (Fsp3) is 0.526. The van der Waals surface area contributed by atoms with Gasteiger partial charge in [0.25, 0.3) is 5.95 Å². The summed E-state index contributed by atoms with van der Waals surface area (Å²) in [5.74, 6) is 0.649. The number of carbonyl (C=O) groups is 2. The van der Waals surface area contributed by atoms with E-state index in [1.807, 2.05) is 38.7 Å².